The van der Waals surface area contributed by atoms with Gasteiger partial charge in [0.1, 0.15) is 6.10 Å². The van der Waals surface area contributed by atoms with Gasteiger partial charge < -0.3 is 24.1 Å². The van der Waals surface area contributed by atoms with E-state index in [9.17, 15) is 4.79 Å². The highest BCUT2D eigenvalue weighted by atomic mass is 16.7. The first-order valence-electron chi connectivity index (χ1n) is 11.8. The minimum absolute atomic E-state index is 0.0550. The predicted octanol–water partition coefficient (Wildman–Crippen LogP) is 5.34. The fraction of sp³-hybridized carbons (Fsp3) is 0.519. The molecule has 180 valence electrons. The topological polar surface area (TPSA) is 74.2 Å². The molecule has 1 aliphatic heterocycles. The van der Waals surface area contributed by atoms with Crippen LogP contribution in [-0.2, 0) is 37.0 Å². The Morgan fingerprint density at radius 1 is 0.970 bits per heavy atom. The predicted molar refractivity (Wildman–Crippen MR) is 126 cm³/mol. The fourth-order valence-electron chi connectivity index (χ4n) is 3.95. The molecule has 0 amide bonds. The molecule has 5 atom stereocenters. The van der Waals surface area contributed by atoms with Crippen molar-refractivity contribution in [3.63, 3.8) is 0 Å². The molecule has 3 rings (SSSR count). The van der Waals surface area contributed by atoms with Crippen LogP contribution in [0.25, 0.3) is 0 Å². The summed E-state index contributed by atoms with van der Waals surface area (Å²) in [6.07, 6.45) is 2.05. The number of ether oxygens (including phenoxy) is 4. The number of carboxylic acids is 1. The molecule has 2 aromatic rings. The molecule has 0 spiro atoms. The molecule has 2 aromatic carbocycles. The van der Waals surface area contributed by atoms with E-state index in [1.165, 1.54) is 0 Å². The Morgan fingerprint density at radius 3 is 2.12 bits per heavy atom. The first-order chi connectivity index (χ1) is 16.0. The summed E-state index contributed by atoms with van der Waals surface area (Å²) in [6.45, 7) is 5.01. The van der Waals surface area contributed by atoms with Crippen molar-refractivity contribution in [2.75, 3.05) is 0 Å². The van der Waals surface area contributed by atoms with E-state index in [0.29, 0.717) is 26.1 Å². The second-order valence-corrected chi connectivity index (χ2v) is 8.70. The van der Waals surface area contributed by atoms with Gasteiger partial charge in [0.2, 0.25) is 0 Å². The van der Waals surface area contributed by atoms with Gasteiger partial charge in [0, 0.05) is 12.8 Å². The van der Waals surface area contributed by atoms with E-state index in [2.05, 4.69) is 12.1 Å². The van der Waals surface area contributed by atoms with Crippen LogP contribution in [0.15, 0.2) is 60.7 Å². The lowest BCUT2D eigenvalue weighted by atomic mass is 10.0. The van der Waals surface area contributed by atoms with Crippen LogP contribution in [-0.4, -0.2) is 41.8 Å². The quantitative estimate of drug-likeness (QED) is 0.410. The largest absolute Gasteiger partial charge is 0.481 e. The fourth-order valence-corrected chi connectivity index (χ4v) is 3.95. The van der Waals surface area contributed by atoms with Crippen LogP contribution in [0, 0.1) is 0 Å². The first kappa shape index (κ1) is 25.4. The summed E-state index contributed by atoms with van der Waals surface area (Å²) in [5, 5.41) is 8.82. The van der Waals surface area contributed by atoms with Crippen molar-refractivity contribution in [3.05, 3.63) is 71.8 Å². The summed E-state index contributed by atoms with van der Waals surface area (Å²) in [6, 6.07) is 20.2. The van der Waals surface area contributed by atoms with Crippen LogP contribution in [0.2, 0.25) is 0 Å². The summed E-state index contributed by atoms with van der Waals surface area (Å²) >= 11 is 0. The standard InChI is InChI=1S/C27H36O6/c1-20(11-9-10-16-26(28)29)32-27-25(31-19-23-14-7-4-8-15-23)17-24(21(2)33-27)30-18-22-12-5-3-6-13-22/h3-8,12-15,20-21,24-25,27H,9-11,16-19H2,1-2H3,(H,28,29)/t20-,21+,24-,25-,27-/m1/s1. The summed E-state index contributed by atoms with van der Waals surface area (Å²) in [5.74, 6) is -0.760. The zero-order valence-corrected chi connectivity index (χ0v) is 19.6. The number of carboxylic acid groups (broad SMARTS) is 1. The third kappa shape index (κ3) is 8.89. The minimum atomic E-state index is -0.760. The maximum Gasteiger partial charge on any atom is 0.303 e. The Morgan fingerprint density at radius 2 is 1.55 bits per heavy atom. The molecule has 0 aromatic heterocycles. The molecule has 1 fully saturated rings. The maximum atomic E-state index is 10.7. The van der Waals surface area contributed by atoms with Crippen LogP contribution in [0.1, 0.15) is 57.1 Å². The van der Waals surface area contributed by atoms with Gasteiger partial charge in [-0.25, -0.2) is 0 Å². The van der Waals surface area contributed by atoms with Gasteiger partial charge in [-0.15, -0.1) is 0 Å². The van der Waals surface area contributed by atoms with Gasteiger partial charge in [-0.3, -0.25) is 4.79 Å². The van der Waals surface area contributed by atoms with E-state index in [4.69, 9.17) is 24.1 Å². The van der Waals surface area contributed by atoms with Crippen molar-refractivity contribution in [1.29, 1.82) is 0 Å². The lowest BCUT2D eigenvalue weighted by molar-refractivity contribution is -0.290. The molecule has 0 bridgehead atoms. The number of unbranched alkanes of at least 4 members (excludes halogenated alkanes) is 1. The number of rotatable bonds is 13. The van der Waals surface area contributed by atoms with Gasteiger partial charge in [0.15, 0.2) is 6.29 Å². The van der Waals surface area contributed by atoms with Crippen molar-refractivity contribution in [2.24, 2.45) is 0 Å². The first-order valence-corrected chi connectivity index (χ1v) is 11.8. The van der Waals surface area contributed by atoms with Crippen LogP contribution in [0.3, 0.4) is 0 Å². The monoisotopic (exact) mass is 456 g/mol. The second kappa shape index (κ2) is 13.5. The molecular weight excluding hydrogens is 420 g/mol. The molecule has 1 heterocycles. The highest BCUT2D eigenvalue weighted by molar-refractivity contribution is 5.66. The van der Waals surface area contributed by atoms with E-state index in [1.54, 1.807) is 0 Å². The number of carbonyl (C=O) groups is 1. The van der Waals surface area contributed by atoms with Crippen molar-refractivity contribution < 1.29 is 28.8 Å². The molecular formula is C27H36O6. The van der Waals surface area contributed by atoms with E-state index in [-0.39, 0.29) is 30.8 Å². The third-order valence-electron chi connectivity index (χ3n) is 5.87. The van der Waals surface area contributed by atoms with Gasteiger partial charge in [-0.05, 0) is 37.8 Å². The van der Waals surface area contributed by atoms with E-state index < -0.39 is 12.3 Å². The minimum Gasteiger partial charge on any atom is -0.481 e. The van der Waals surface area contributed by atoms with E-state index in [0.717, 1.165) is 24.0 Å². The van der Waals surface area contributed by atoms with Gasteiger partial charge >= 0.3 is 5.97 Å². The molecule has 1 saturated heterocycles. The molecule has 1 N–H and O–H groups in total. The highest BCUT2D eigenvalue weighted by Gasteiger charge is 2.38. The van der Waals surface area contributed by atoms with Gasteiger partial charge in [-0.2, -0.15) is 0 Å². The average Bonchev–Trinajstić information content (AvgIpc) is 2.82. The Hall–Kier alpha value is -2.25. The smallest absolute Gasteiger partial charge is 0.303 e. The van der Waals surface area contributed by atoms with Crippen molar-refractivity contribution >= 4 is 5.97 Å². The normalized spacial score (nSPS) is 23.8. The zero-order chi connectivity index (χ0) is 23.5. The lowest BCUT2D eigenvalue weighted by Gasteiger charge is -2.40. The van der Waals surface area contributed by atoms with Crippen molar-refractivity contribution in [1.82, 2.24) is 0 Å². The third-order valence-corrected chi connectivity index (χ3v) is 5.87. The molecule has 33 heavy (non-hydrogen) atoms. The Kier molecular flexibility index (Phi) is 10.3. The van der Waals surface area contributed by atoms with Gasteiger partial charge in [0.05, 0.1) is 31.5 Å². The van der Waals surface area contributed by atoms with Gasteiger partial charge in [-0.1, -0.05) is 67.1 Å². The SMILES string of the molecule is C[C@H](CCCCC(=O)O)O[C@@H]1O[C@@H](C)[C@H](OCc2ccccc2)C[C@H]1OCc1ccccc1. The molecule has 1 aliphatic rings. The number of benzene rings is 2. The van der Waals surface area contributed by atoms with E-state index in [1.807, 2.05) is 62.4 Å². The van der Waals surface area contributed by atoms with E-state index >= 15 is 0 Å². The van der Waals surface area contributed by atoms with Gasteiger partial charge in [0.25, 0.3) is 0 Å². The summed E-state index contributed by atoms with van der Waals surface area (Å²) in [7, 11) is 0. The number of hydrogen-bond donors (Lipinski definition) is 1. The second-order valence-electron chi connectivity index (χ2n) is 8.70. The molecule has 0 unspecified atom stereocenters. The number of aliphatic carboxylic acids is 1. The van der Waals surface area contributed by atoms with Crippen LogP contribution in [0.4, 0.5) is 0 Å². The Labute approximate surface area is 196 Å². The molecule has 6 nitrogen and oxygen atoms in total. The Bertz CT molecular complexity index is 812. The van der Waals surface area contributed by atoms with Crippen molar-refractivity contribution in [3.8, 4) is 0 Å². The van der Waals surface area contributed by atoms with Crippen LogP contribution in [0.5, 0.6) is 0 Å². The average molecular weight is 457 g/mol. The molecule has 6 heteroatoms. The van der Waals surface area contributed by atoms with Crippen LogP contribution >= 0.6 is 0 Å². The molecule has 0 radical (unpaired) electrons. The summed E-state index contributed by atoms with van der Waals surface area (Å²) in [5.41, 5.74) is 2.22. The molecule has 0 aliphatic carbocycles. The van der Waals surface area contributed by atoms with Crippen molar-refractivity contribution in [2.45, 2.75) is 89.9 Å². The van der Waals surface area contributed by atoms with Crippen LogP contribution < -0.4 is 0 Å². The molecule has 0 saturated carbocycles. The summed E-state index contributed by atoms with van der Waals surface area (Å²) < 4.78 is 24.9. The maximum absolute atomic E-state index is 10.7. The summed E-state index contributed by atoms with van der Waals surface area (Å²) in [4.78, 5) is 10.7. The zero-order valence-electron chi connectivity index (χ0n) is 19.6. The Balaban J connectivity index is 1.57. The lowest BCUT2D eigenvalue weighted by Crippen LogP contribution is -2.50. The highest BCUT2D eigenvalue weighted by Crippen LogP contribution is 2.28. The number of hydrogen-bond acceptors (Lipinski definition) is 5.